The lowest BCUT2D eigenvalue weighted by Gasteiger charge is -2.08. The van der Waals surface area contributed by atoms with Gasteiger partial charge in [0.15, 0.2) is 10.8 Å². The third-order valence-electron chi connectivity index (χ3n) is 3.63. The van der Waals surface area contributed by atoms with Gasteiger partial charge in [0, 0.05) is 11.9 Å². The largest absolute Gasteiger partial charge is 0.325 e. The second kappa shape index (κ2) is 7.35. The summed E-state index contributed by atoms with van der Waals surface area (Å²) in [5, 5.41) is 13.6. The predicted octanol–water partition coefficient (Wildman–Crippen LogP) is 2.79. The molecule has 0 radical (unpaired) electrons. The molecule has 0 saturated heterocycles. The predicted molar refractivity (Wildman–Crippen MR) is 96.8 cm³/mol. The van der Waals surface area contributed by atoms with E-state index in [0.717, 1.165) is 11.1 Å². The zero-order valence-corrected chi connectivity index (χ0v) is 14.6. The van der Waals surface area contributed by atoms with Crippen LogP contribution in [0.2, 0.25) is 0 Å². The number of thioether (sulfide) groups is 1. The number of carbonyl (C=O) groups excluding carboxylic acids is 2. The lowest BCUT2D eigenvalue weighted by atomic mass is 10.1. The number of amides is 3. The van der Waals surface area contributed by atoms with Gasteiger partial charge < -0.3 is 5.32 Å². The summed E-state index contributed by atoms with van der Waals surface area (Å²) < 4.78 is 1.78. The highest BCUT2D eigenvalue weighted by Gasteiger charge is 2.12. The van der Waals surface area contributed by atoms with Gasteiger partial charge in [-0.1, -0.05) is 23.9 Å². The quantitative estimate of drug-likeness (QED) is 0.703. The zero-order valence-electron chi connectivity index (χ0n) is 13.8. The molecule has 0 aliphatic carbocycles. The van der Waals surface area contributed by atoms with Crippen molar-refractivity contribution in [3.63, 3.8) is 0 Å². The number of urea groups is 1. The van der Waals surface area contributed by atoms with Crippen LogP contribution in [-0.4, -0.2) is 32.3 Å². The molecule has 8 heteroatoms. The van der Waals surface area contributed by atoms with Crippen LogP contribution in [-0.2, 0) is 4.79 Å². The number of rotatable bonds is 4. The summed E-state index contributed by atoms with van der Waals surface area (Å²) >= 11 is 1.21. The Bertz CT molecular complexity index is 938. The molecule has 2 N–H and O–H groups in total. The monoisotopic (exact) mass is 355 g/mol. The Labute approximate surface area is 148 Å². The van der Waals surface area contributed by atoms with Crippen molar-refractivity contribution < 1.29 is 9.59 Å². The third-order valence-corrected chi connectivity index (χ3v) is 4.58. The van der Waals surface area contributed by atoms with Crippen molar-refractivity contribution in [1.29, 1.82) is 0 Å². The normalized spacial score (nSPS) is 10.6. The van der Waals surface area contributed by atoms with Crippen molar-refractivity contribution in [3.8, 4) is 0 Å². The second-order valence-electron chi connectivity index (χ2n) is 5.50. The molecule has 0 fully saturated rings. The molecule has 3 amide bonds. The molecule has 1 aromatic carbocycles. The smallest absolute Gasteiger partial charge is 0.308 e. The Hall–Kier alpha value is -2.87. The van der Waals surface area contributed by atoms with Crippen molar-refractivity contribution in [2.45, 2.75) is 19.0 Å². The van der Waals surface area contributed by atoms with Crippen molar-refractivity contribution in [3.05, 3.63) is 53.7 Å². The molecule has 2 aromatic heterocycles. The van der Waals surface area contributed by atoms with E-state index >= 15 is 0 Å². The van der Waals surface area contributed by atoms with Crippen molar-refractivity contribution in [2.75, 3.05) is 11.1 Å². The summed E-state index contributed by atoms with van der Waals surface area (Å²) in [4.78, 5) is 23.9. The number of aromatic nitrogens is 3. The van der Waals surface area contributed by atoms with Crippen LogP contribution in [0.15, 0.2) is 47.8 Å². The Morgan fingerprint density at radius 2 is 1.96 bits per heavy atom. The summed E-state index contributed by atoms with van der Waals surface area (Å²) in [6.45, 7) is 3.96. The number of benzene rings is 1. The number of hydrogen-bond donors (Lipinski definition) is 2. The van der Waals surface area contributed by atoms with E-state index in [4.69, 9.17) is 0 Å². The lowest BCUT2D eigenvalue weighted by Crippen LogP contribution is -2.35. The van der Waals surface area contributed by atoms with Crippen LogP contribution in [0, 0.1) is 13.8 Å². The minimum atomic E-state index is -0.556. The van der Waals surface area contributed by atoms with Crippen molar-refractivity contribution in [1.82, 2.24) is 19.9 Å². The number of anilines is 1. The lowest BCUT2D eigenvalue weighted by molar-refractivity contribution is -0.117. The maximum atomic E-state index is 11.9. The fourth-order valence-corrected chi connectivity index (χ4v) is 2.92. The van der Waals surface area contributed by atoms with Crippen LogP contribution in [0.25, 0.3) is 5.65 Å². The number of aryl methyl sites for hydroxylation is 2. The van der Waals surface area contributed by atoms with E-state index in [1.165, 1.54) is 11.8 Å². The molecular formula is C17H17N5O2S. The number of hydrogen-bond acceptors (Lipinski definition) is 5. The van der Waals surface area contributed by atoms with Crippen LogP contribution in [0.4, 0.5) is 10.5 Å². The Morgan fingerprint density at radius 3 is 2.76 bits per heavy atom. The van der Waals surface area contributed by atoms with Gasteiger partial charge in [-0.25, -0.2) is 4.79 Å². The summed E-state index contributed by atoms with van der Waals surface area (Å²) in [6, 6.07) is 10.6. The maximum absolute atomic E-state index is 11.9. The number of imide groups is 1. The molecule has 0 aliphatic rings. The van der Waals surface area contributed by atoms with Gasteiger partial charge >= 0.3 is 6.03 Å². The van der Waals surface area contributed by atoms with Gasteiger partial charge in [0.1, 0.15) is 0 Å². The molecule has 0 spiro atoms. The number of pyridine rings is 1. The minimum absolute atomic E-state index is 0.0655. The van der Waals surface area contributed by atoms with Crippen LogP contribution in [0.5, 0.6) is 0 Å². The van der Waals surface area contributed by atoms with Gasteiger partial charge in [0.05, 0.1) is 5.75 Å². The summed E-state index contributed by atoms with van der Waals surface area (Å²) in [7, 11) is 0. The number of carbonyl (C=O) groups is 2. The Balaban J connectivity index is 1.53. The molecule has 128 valence electrons. The Kier molecular flexibility index (Phi) is 4.99. The van der Waals surface area contributed by atoms with Gasteiger partial charge in [-0.05, 0) is 49.2 Å². The highest BCUT2D eigenvalue weighted by molar-refractivity contribution is 7.99. The number of fused-ring (bicyclic) bond motifs is 1. The molecule has 2 heterocycles. The van der Waals surface area contributed by atoms with Gasteiger partial charge in [0.2, 0.25) is 5.91 Å². The fourth-order valence-electron chi connectivity index (χ4n) is 2.19. The first-order chi connectivity index (χ1) is 12.0. The average Bonchev–Trinajstić information content (AvgIpc) is 2.99. The van der Waals surface area contributed by atoms with Gasteiger partial charge in [-0.15, -0.1) is 10.2 Å². The topological polar surface area (TPSA) is 88.4 Å². The second-order valence-corrected chi connectivity index (χ2v) is 6.44. The maximum Gasteiger partial charge on any atom is 0.325 e. The van der Waals surface area contributed by atoms with Crippen molar-refractivity contribution in [2.24, 2.45) is 0 Å². The van der Waals surface area contributed by atoms with Crippen molar-refractivity contribution >= 4 is 35.0 Å². The zero-order chi connectivity index (χ0) is 17.8. The Morgan fingerprint density at radius 1 is 1.12 bits per heavy atom. The molecule has 0 bridgehead atoms. The minimum Gasteiger partial charge on any atom is -0.308 e. The first kappa shape index (κ1) is 17.0. The van der Waals surface area contributed by atoms with Crippen LogP contribution in [0.1, 0.15) is 11.1 Å². The molecule has 25 heavy (non-hydrogen) atoms. The van der Waals surface area contributed by atoms with Crippen LogP contribution in [0.3, 0.4) is 0 Å². The van der Waals surface area contributed by atoms with Gasteiger partial charge in [-0.3, -0.25) is 14.5 Å². The van der Waals surface area contributed by atoms with E-state index in [9.17, 15) is 9.59 Å². The highest BCUT2D eigenvalue weighted by atomic mass is 32.2. The van der Waals surface area contributed by atoms with E-state index in [1.54, 1.807) is 10.5 Å². The molecule has 3 aromatic rings. The number of nitrogens with zero attached hydrogens (tertiary/aromatic N) is 3. The van der Waals surface area contributed by atoms with E-state index in [-0.39, 0.29) is 5.75 Å². The third kappa shape index (κ3) is 4.16. The summed E-state index contributed by atoms with van der Waals surface area (Å²) in [6.07, 6.45) is 1.82. The summed E-state index contributed by atoms with van der Waals surface area (Å²) in [5.74, 6) is -0.338. The average molecular weight is 355 g/mol. The first-order valence-corrected chi connectivity index (χ1v) is 8.62. The summed E-state index contributed by atoms with van der Waals surface area (Å²) in [5.41, 5.74) is 3.56. The number of nitrogens with one attached hydrogen (secondary N) is 2. The highest BCUT2D eigenvalue weighted by Crippen LogP contribution is 2.16. The first-order valence-electron chi connectivity index (χ1n) is 7.63. The molecule has 0 saturated carbocycles. The molecule has 0 unspecified atom stereocenters. The SMILES string of the molecule is Cc1ccc(NC(=O)NC(=O)CSc2nnc3ccccn23)cc1C. The van der Waals surface area contributed by atoms with E-state index in [2.05, 4.69) is 20.8 Å². The molecule has 0 atom stereocenters. The van der Waals surface area contributed by atoms with E-state index in [0.29, 0.717) is 16.5 Å². The van der Waals surface area contributed by atoms with Crippen LogP contribution >= 0.6 is 11.8 Å². The van der Waals surface area contributed by atoms with Gasteiger partial charge in [0.25, 0.3) is 0 Å². The van der Waals surface area contributed by atoms with E-state index in [1.807, 2.05) is 50.4 Å². The van der Waals surface area contributed by atoms with E-state index < -0.39 is 11.9 Å². The molecule has 0 aliphatic heterocycles. The standard InChI is InChI=1S/C17H17N5O2S/c1-11-6-7-13(9-12(11)2)18-16(24)19-15(23)10-25-17-21-20-14-5-3-4-8-22(14)17/h3-9H,10H2,1-2H3,(H2,18,19,23,24). The molecule has 3 rings (SSSR count). The fraction of sp³-hybridized carbons (Fsp3) is 0.176. The van der Waals surface area contributed by atoms with Gasteiger partial charge in [-0.2, -0.15) is 0 Å². The van der Waals surface area contributed by atoms with Crippen LogP contribution < -0.4 is 10.6 Å². The molecule has 7 nitrogen and oxygen atoms in total. The molecular weight excluding hydrogens is 338 g/mol.